The highest BCUT2D eigenvalue weighted by atomic mass is 16.5. The zero-order valence-corrected chi connectivity index (χ0v) is 22.2. The number of carbonyl (C=O) groups excluding carboxylic acids is 3. The summed E-state index contributed by atoms with van der Waals surface area (Å²) in [4.78, 5) is 52.3. The molecule has 1 aliphatic carbocycles. The summed E-state index contributed by atoms with van der Waals surface area (Å²) in [5, 5.41) is 3.17. The highest BCUT2D eigenvalue weighted by molar-refractivity contribution is 6.05. The Bertz CT molecular complexity index is 1130. The van der Waals surface area contributed by atoms with Gasteiger partial charge in [-0.25, -0.2) is 19.6 Å². The number of urea groups is 1. The Labute approximate surface area is 218 Å². The first-order valence-corrected chi connectivity index (χ1v) is 13.3. The fraction of sp³-hybridized carbons (Fsp3) is 0.536. The molecule has 9 nitrogen and oxygen atoms in total. The second-order valence-corrected chi connectivity index (χ2v) is 10.3. The molecule has 1 aliphatic heterocycles. The van der Waals surface area contributed by atoms with Crippen molar-refractivity contribution in [2.75, 3.05) is 19.6 Å². The van der Waals surface area contributed by atoms with Gasteiger partial charge in [0.25, 0.3) is 5.91 Å². The van der Waals surface area contributed by atoms with Gasteiger partial charge in [0.2, 0.25) is 0 Å². The van der Waals surface area contributed by atoms with E-state index in [0.29, 0.717) is 31.2 Å². The molecule has 1 aromatic heterocycles. The number of aryl methyl sites for hydroxylation is 1. The SMILES string of the molecule is Cc1nc(-c2ccccc2)nc(C(=O)N2CCN(C(=O)NC3CCCCC3)C(C)C2)c1C(=O)OC(C)C. The van der Waals surface area contributed by atoms with Crippen molar-refractivity contribution >= 4 is 17.9 Å². The van der Waals surface area contributed by atoms with E-state index in [-0.39, 0.29) is 41.4 Å². The van der Waals surface area contributed by atoms with Crippen LogP contribution in [0, 0.1) is 6.92 Å². The van der Waals surface area contributed by atoms with Crippen LogP contribution in [0.2, 0.25) is 0 Å². The maximum absolute atomic E-state index is 13.8. The van der Waals surface area contributed by atoms with E-state index in [0.717, 1.165) is 31.2 Å². The molecular formula is C28H37N5O4. The molecule has 0 bridgehead atoms. The number of benzene rings is 1. The van der Waals surface area contributed by atoms with E-state index < -0.39 is 5.97 Å². The summed E-state index contributed by atoms with van der Waals surface area (Å²) in [6.45, 7) is 8.25. The number of amides is 3. The molecule has 1 saturated heterocycles. The number of nitrogens with zero attached hydrogens (tertiary/aromatic N) is 4. The minimum Gasteiger partial charge on any atom is -0.459 e. The van der Waals surface area contributed by atoms with E-state index in [1.165, 1.54) is 6.42 Å². The third-order valence-electron chi connectivity index (χ3n) is 6.98. The van der Waals surface area contributed by atoms with Gasteiger partial charge in [-0.05, 0) is 40.5 Å². The highest BCUT2D eigenvalue weighted by Gasteiger charge is 2.34. The zero-order valence-electron chi connectivity index (χ0n) is 22.2. The molecule has 1 aromatic carbocycles. The van der Waals surface area contributed by atoms with E-state index in [2.05, 4.69) is 15.3 Å². The van der Waals surface area contributed by atoms with Crippen molar-refractivity contribution in [2.45, 2.75) is 78.0 Å². The number of carbonyl (C=O) groups is 3. The predicted octanol–water partition coefficient (Wildman–Crippen LogP) is 4.21. The van der Waals surface area contributed by atoms with Gasteiger partial charge in [0.15, 0.2) is 5.82 Å². The van der Waals surface area contributed by atoms with Crippen LogP contribution < -0.4 is 5.32 Å². The average molecular weight is 508 g/mol. The Hall–Kier alpha value is -3.49. The van der Waals surface area contributed by atoms with Crippen molar-refractivity contribution in [1.82, 2.24) is 25.1 Å². The van der Waals surface area contributed by atoms with Crippen LogP contribution in [0.1, 0.15) is 79.4 Å². The topological polar surface area (TPSA) is 105 Å². The molecule has 2 aromatic rings. The molecule has 1 N–H and O–H groups in total. The molecule has 1 saturated carbocycles. The average Bonchev–Trinajstić information content (AvgIpc) is 2.88. The Balaban J connectivity index is 1.56. The maximum atomic E-state index is 13.8. The largest absolute Gasteiger partial charge is 0.459 e. The van der Waals surface area contributed by atoms with Crippen LogP contribution in [0.3, 0.4) is 0 Å². The molecule has 37 heavy (non-hydrogen) atoms. The molecule has 1 unspecified atom stereocenters. The summed E-state index contributed by atoms with van der Waals surface area (Å²) in [7, 11) is 0. The Morgan fingerprint density at radius 1 is 1.03 bits per heavy atom. The lowest BCUT2D eigenvalue weighted by molar-refractivity contribution is 0.0367. The third-order valence-corrected chi connectivity index (χ3v) is 6.98. The first-order chi connectivity index (χ1) is 17.7. The predicted molar refractivity (Wildman–Crippen MR) is 140 cm³/mol. The lowest BCUT2D eigenvalue weighted by Gasteiger charge is -2.40. The summed E-state index contributed by atoms with van der Waals surface area (Å²) < 4.78 is 5.43. The van der Waals surface area contributed by atoms with Crippen molar-refractivity contribution in [1.29, 1.82) is 0 Å². The van der Waals surface area contributed by atoms with Crippen LogP contribution in [0.4, 0.5) is 4.79 Å². The summed E-state index contributed by atoms with van der Waals surface area (Å²) >= 11 is 0. The molecule has 9 heteroatoms. The van der Waals surface area contributed by atoms with E-state index in [1.807, 2.05) is 37.3 Å². The van der Waals surface area contributed by atoms with Crippen LogP contribution in [0.5, 0.6) is 0 Å². The van der Waals surface area contributed by atoms with Gasteiger partial charge in [0, 0.05) is 37.3 Å². The summed E-state index contributed by atoms with van der Waals surface area (Å²) in [6, 6.07) is 9.33. The number of nitrogens with one attached hydrogen (secondary N) is 1. The van der Waals surface area contributed by atoms with Crippen LogP contribution in [0.25, 0.3) is 11.4 Å². The van der Waals surface area contributed by atoms with Gasteiger partial charge in [-0.1, -0.05) is 49.6 Å². The normalized spacial score (nSPS) is 18.6. The summed E-state index contributed by atoms with van der Waals surface area (Å²) in [6.07, 6.45) is 5.20. The fourth-order valence-corrected chi connectivity index (χ4v) is 5.06. The van der Waals surface area contributed by atoms with E-state index in [9.17, 15) is 14.4 Å². The number of piperazine rings is 1. The monoisotopic (exact) mass is 507 g/mol. The van der Waals surface area contributed by atoms with Crippen molar-refractivity contribution in [2.24, 2.45) is 0 Å². The van der Waals surface area contributed by atoms with Crippen LogP contribution in [0.15, 0.2) is 30.3 Å². The second-order valence-electron chi connectivity index (χ2n) is 10.3. The van der Waals surface area contributed by atoms with E-state index >= 15 is 0 Å². The molecule has 2 aliphatic rings. The minimum absolute atomic E-state index is 0.0318. The van der Waals surface area contributed by atoms with Gasteiger partial charge >= 0.3 is 12.0 Å². The van der Waals surface area contributed by atoms with Gasteiger partial charge < -0.3 is 19.9 Å². The first-order valence-electron chi connectivity index (χ1n) is 13.3. The van der Waals surface area contributed by atoms with Crippen molar-refractivity contribution in [3.63, 3.8) is 0 Å². The quantitative estimate of drug-likeness (QED) is 0.608. The van der Waals surface area contributed by atoms with Gasteiger partial charge in [0.05, 0.1) is 11.8 Å². The number of aromatic nitrogens is 2. The minimum atomic E-state index is -0.617. The highest BCUT2D eigenvalue weighted by Crippen LogP contribution is 2.23. The molecule has 0 radical (unpaired) electrons. The molecule has 1 atom stereocenters. The van der Waals surface area contributed by atoms with E-state index in [4.69, 9.17) is 4.74 Å². The molecular weight excluding hydrogens is 470 g/mol. The summed E-state index contributed by atoms with van der Waals surface area (Å²) in [5.41, 5.74) is 1.26. The van der Waals surface area contributed by atoms with E-state index in [1.54, 1.807) is 30.6 Å². The smallest absolute Gasteiger partial charge is 0.342 e. The molecule has 198 valence electrons. The molecule has 2 heterocycles. The van der Waals surface area contributed by atoms with Gasteiger partial charge in [-0.3, -0.25) is 4.79 Å². The summed E-state index contributed by atoms with van der Waals surface area (Å²) in [5.74, 6) is -0.604. The number of hydrogen-bond acceptors (Lipinski definition) is 6. The molecule has 0 spiro atoms. The van der Waals surface area contributed by atoms with Crippen molar-refractivity contribution < 1.29 is 19.1 Å². The fourth-order valence-electron chi connectivity index (χ4n) is 5.06. The molecule has 4 rings (SSSR count). The number of ether oxygens (including phenoxy) is 1. The van der Waals surface area contributed by atoms with Crippen molar-refractivity contribution in [3.05, 3.63) is 47.3 Å². The standard InChI is InChI=1S/C28H37N5O4/c1-18(2)37-27(35)23-20(4)29-25(21-11-7-5-8-12-21)31-24(23)26(34)32-15-16-33(19(3)17-32)28(36)30-22-13-9-6-10-14-22/h5,7-8,11-12,18-19,22H,6,9-10,13-17H2,1-4H3,(H,30,36). The van der Waals surface area contributed by atoms with Crippen LogP contribution in [-0.4, -0.2) is 75.5 Å². The lowest BCUT2D eigenvalue weighted by Crippen LogP contribution is -2.59. The van der Waals surface area contributed by atoms with Gasteiger partial charge in [-0.2, -0.15) is 0 Å². The van der Waals surface area contributed by atoms with Gasteiger partial charge in [0.1, 0.15) is 11.3 Å². The zero-order chi connectivity index (χ0) is 26.5. The first kappa shape index (κ1) is 26.6. The van der Waals surface area contributed by atoms with Crippen molar-refractivity contribution in [3.8, 4) is 11.4 Å². The maximum Gasteiger partial charge on any atom is 0.342 e. The lowest BCUT2D eigenvalue weighted by atomic mass is 9.96. The Morgan fingerprint density at radius 3 is 2.38 bits per heavy atom. The molecule has 2 fully saturated rings. The van der Waals surface area contributed by atoms with Crippen LogP contribution in [-0.2, 0) is 4.74 Å². The van der Waals surface area contributed by atoms with Crippen LogP contribution >= 0.6 is 0 Å². The second kappa shape index (κ2) is 11.7. The number of rotatable bonds is 5. The number of esters is 1. The Kier molecular flexibility index (Phi) is 8.41. The van der Waals surface area contributed by atoms with Gasteiger partial charge in [-0.15, -0.1) is 0 Å². The number of hydrogen-bond donors (Lipinski definition) is 1. The molecule has 3 amide bonds. The Morgan fingerprint density at radius 2 is 1.73 bits per heavy atom. The third kappa shape index (κ3) is 6.26.